The van der Waals surface area contributed by atoms with E-state index in [0.717, 1.165) is 0 Å². The highest BCUT2D eigenvalue weighted by molar-refractivity contribution is 7.15. The SMILES string of the molecule is N#Cc1ccc(=O)n2ccsc12. The van der Waals surface area contributed by atoms with Crippen LogP contribution in [0.25, 0.3) is 4.83 Å². The fraction of sp³-hybridized carbons (Fsp3) is 0. The Balaban J connectivity index is 3.04. The first kappa shape index (κ1) is 7.07. The molecule has 0 aliphatic heterocycles. The predicted molar refractivity (Wildman–Crippen MR) is 46.3 cm³/mol. The lowest BCUT2D eigenvalue weighted by Crippen LogP contribution is -2.09. The summed E-state index contributed by atoms with van der Waals surface area (Å²) in [5, 5.41) is 10.5. The molecular weight excluding hydrogens is 172 g/mol. The van der Waals surface area contributed by atoms with Gasteiger partial charge in [-0.15, -0.1) is 11.3 Å². The van der Waals surface area contributed by atoms with Crippen molar-refractivity contribution in [1.29, 1.82) is 5.26 Å². The first-order chi connectivity index (χ1) is 5.83. The molecular formula is C8H4N2OS. The van der Waals surface area contributed by atoms with E-state index in [2.05, 4.69) is 0 Å². The zero-order chi connectivity index (χ0) is 8.55. The summed E-state index contributed by atoms with van der Waals surface area (Å²) in [6, 6.07) is 4.98. The Morgan fingerprint density at radius 3 is 3.08 bits per heavy atom. The summed E-state index contributed by atoms with van der Waals surface area (Å²) in [5.41, 5.74) is 0.454. The summed E-state index contributed by atoms with van der Waals surface area (Å²) >= 11 is 1.39. The molecule has 0 unspecified atom stereocenters. The van der Waals surface area contributed by atoms with E-state index in [1.165, 1.54) is 21.8 Å². The zero-order valence-electron chi connectivity index (χ0n) is 6.02. The molecule has 12 heavy (non-hydrogen) atoms. The van der Waals surface area contributed by atoms with Crippen molar-refractivity contribution in [1.82, 2.24) is 4.40 Å². The molecule has 0 saturated carbocycles. The lowest BCUT2D eigenvalue weighted by atomic mass is 10.3. The van der Waals surface area contributed by atoms with E-state index in [-0.39, 0.29) is 5.56 Å². The number of fused-ring (bicyclic) bond motifs is 1. The summed E-state index contributed by atoms with van der Waals surface area (Å²) < 4.78 is 1.48. The maximum absolute atomic E-state index is 11.2. The van der Waals surface area contributed by atoms with Crippen molar-refractivity contribution in [2.45, 2.75) is 0 Å². The van der Waals surface area contributed by atoms with Crippen LogP contribution in [0, 0.1) is 11.3 Å². The van der Waals surface area contributed by atoms with E-state index >= 15 is 0 Å². The van der Waals surface area contributed by atoms with E-state index in [0.29, 0.717) is 10.4 Å². The molecule has 0 spiro atoms. The highest BCUT2D eigenvalue weighted by Gasteiger charge is 2.01. The molecule has 0 saturated heterocycles. The average Bonchev–Trinajstić information content (AvgIpc) is 2.54. The van der Waals surface area contributed by atoms with Crippen molar-refractivity contribution < 1.29 is 0 Å². The van der Waals surface area contributed by atoms with Crippen LogP contribution >= 0.6 is 11.3 Å². The summed E-state index contributed by atoms with van der Waals surface area (Å²) in [4.78, 5) is 11.9. The Morgan fingerprint density at radius 2 is 2.33 bits per heavy atom. The maximum Gasteiger partial charge on any atom is 0.255 e. The number of thiazole rings is 1. The van der Waals surface area contributed by atoms with Gasteiger partial charge in [0, 0.05) is 17.6 Å². The zero-order valence-corrected chi connectivity index (χ0v) is 6.84. The van der Waals surface area contributed by atoms with Crippen molar-refractivity contribution in [2.75, 3.05) is 0 Å². The number of aromatic nitrogens is 1. The van der Waals surface area contributed by atoms with E-state index in [1.807, 2.05) is 6.07 Å². The third-order valence-corrected chi connectivity index (χ3v) is 2.49. The van der Waals surface area contributed by atoms with E-state index in [4.69, 9.17) is 5.26 Å². The molecule has 58 valence electrons. The Hall–Kier alpha value is -1.60. The quantitative estimate of drug-likeness (QED) is 0.606. The van der Waals surface area contributed by atoms with Crippen molar-refractivity contribution >= 4 is 16.2 Å². The third-order valence-electron chi connectivity index (χ3n) is 1.59. The minimum atomic E-state index is -0.0924. The van der Waals surface area contributed by atoms with Crippen molar-refractivity contribution in [3.63, 3.8) is 0 Å². The van der Waals surface area contributed by atoms with Gasteiger partial charge in [-0.3, -0.25) is 9.20 Å². The second-order valence-corrected chi connectivity index (χ2v) is 3.17. The molecule has 2 rings (SSSR count). The summed E-state index contributed by atoms with van der Waals surface area (Å²) in [6.45, 7) is 0. The smallest absolute Gasteiger partial charge is 0.255 e. The van der Waals surface area contributed by atoms with Gasteiger partial charge in [0.25, 0.3) is 5.56 Å². The van der Waals surface area contributed by atoms with Gasteiger partial charge in [0.2, 0.25) is 0 Å². The van der Waals surface area contributed by atoms with Gasteiger partial charge in [0.05, 0.1) is 5.56 Å². The van der Waals surface area contributed by atoms with Crippen LogP contribution in [0.2, 0.25) is 0 Å². The van der Waals surface area contributed by atoms with Crippen molar-refractivity contribution in [2.24, 2.45) is 0 Å². The minimum Gasteiger partial charge on any atom is -0.273 e. The lowest BCUT2D eigenvalue weighted by Gasteiger charge is -1.91. The number of hydrogen-bond acceptors (Lipinski definition) is 3. The largest absolute Gasteiger partial charge is 0.273 e. The summed E-state index contributed by atoms with van der Waals surface area (Å²) in [7, 11) is 0. The van der Waals surface area contributed by atoms with E-state index in [9.17, 15) is 4.79 Å². The van der Waals surface area contributed by atoms with Gasteiger partial charge in [0.1, 0.15) is 10.9 Å². The first-order valence-corrected chi connectivity index (χ1v) is 4.20. The topological polar surface area (TPSA) is 45.3 Å². The standard InChI is InChI=1S/C8H4N2OS/c9-5-6-1-2-7(11)10-3-4-12-8(6)10/h1-4H. The highest BCUT2D eigenvalue weighted by Crippen LogP contribution is 2.13. The first-order valence-electron chi connectivity index (χ1n) is 3.32. The highest BCUT2D eigenvalue weighted by atomic mass is 32.1. The van der Waals surface area contributed by atoms with Gasteiger partial charge in [0.15, 0.2) is 0 Å². The molecule has 2 aromatic heterocycles. The number of hydrogen-bond donors (Lipinski definition) is 0. The Labute approximate surface area is 72.1 Å². The molecule has 0 aliphatic carbocycles. The van der Waals surface area contributed by atoms with Gasteiger partial charge in [-0.1, -0.05) is 0 Å². The Kier molecular flexibility index (Phi) is 1.45. The van der Waals surface area contributed by atoms with Gasteiger partial charge in [-0.25, -0.2) is 0 Å². The Bertz CT molecular complexity index is 518. The molecule has 2 aromatic rings. The van der Waals surface area contributed by atoms with Crippen LogP contribution < -0.4 is 5.56 Å². The normalized spacial score (nSPS) is 9.92. The molecule has 0 amide bonds. The van der Waals surface area contributed by atoms with E-state index < -0.39 is 0 Å². The second kappa shape index (κ2) is 2.47. The number of nitriles is 1. The molecule has 3 nitrogen and oxygen atoms in total. The lowest BCUT2D eigenvalue weighted by molar-refractivity contribution is 1.12. The van der Waals surface area contributed by atoms with Gasteiger partial charge in [-0.2, -0.15) is 5.26 Å². The van der Waals surface area contributed by atoms with Crippen LogP contribution in [-0.4, -0.2) is 4.40 Å². The molecule has 0 N–H and O–H groups in total. The van der Waals surface area contributed by atoms with Crippen molar-refractivity contribution in [3.8, 4) is 6.07 Å². The summed E-state index contributed by atoms with van der Waals surface area (Å²) in [5.74, 6) is 0. The number of nitrogens with zero attached hydrogens (tertiary/aromatic N) is 2. The van der Waals surface area contributed by atoms with Gasteiger partial charge < -0.3 is 0 Å². The van der Waals surface area contributed by atoms with Gasteiger partial charge >= 0.3 is 0 Å². The third kappa shape index (κ3) is 0.840. The fourth-order valence-corrected chi connectivity index (χ4v) is 1.85. The molecule has 0 aromatic carbocycles. The monoisotopic (exact) mass is 176 g/mol. The average molecular weight is 176 g/mol. The molecule has 2 heterocycles. The van der Waals surface area contributed by atoms with Crippen LogP contribution in [0.1, 0.15) is 5.56 Å². The molecule has 0 aliphatic rings. The number of rotatable bonds is 0. The molecule has 0 fully saturated rings. The van der Waals surface area contributed by atoms with Crippen LogP contribution in [0.4, 0.5) is 0 Å². The predicted octanol–water partition coefficient (Wildman–Crippen LogP) is 1.23. The molecule has 0 radical (unpaired) electrons. The van der Waals surface area contributed by atoms with Crippen molar-refractivity contribution in [3.05, 3.63) is 39.6 Å². The fourth-order valence-electron chi connectivity index (χ4n) is 1.04. The molecule has 0 bridgehead atoms. The maximum atomic E-state index is 11.2. The molecule has 4 heteroatoms. The van der Waals surface area contributed by atoms with Crippen LogP contribution in [-0.2, 0) is 0 Å². The van der Waals surface area contributed by atoms with Crippen LogP contribution in [0.15, 0.2) is 28.5 Å². The Morgan fingerprint density at radius 1 is 1.50 bits per heavy atom. The van der Waals surface area contributed by atoms with Crippen LogP contribution in [0.3, 0.4) is 0 Å². The van der Waals surface area contributed by atoms with Gasteiger partial charge in [-0.05, 0) is 6.07 Å². The number of pyridine rings is 1. The molecule has 0 atom stereocenters. The second-order valence-electron chi connectivity index (χ2n) is 2.28. The van der Waals surface area contributed by atoms with Crippen LogP contribution in [0.5, 0.6) is 0 Å². The summed E-state index contributed by atoms with van der Waals surface area (Å²) in [6.07, 6.45) is 1.67. The minimum absolute atomic E-state index is 0.0924. The van der Waals surface area contributed by atoms with E-state index in [1.54, 1.807) is 17.6 Å².